The molecule has 2 aliphatic heterocycles. The number of rotatable bonds is 0. The average molecular weight is 219 g/mol. The van der Waals surface area contributed by atoms with Crippen molar-refractivity contribution >= 4 is 0 Å². The van der Waals surface area contributed by atoms with Gasteiger partial charge < -0.3 is 0 Å². The maximum atomic E-state index is 2.96. The van der Waals surface area contributed by atoms with Crippen LogP contribution >= 0.6 is 0 Å². The van der Waals surface area contributed by atoms with Crippen LogP contribution in [0.15, 0.2) is 0 Å². The third kappa shape index (κ3) is 1.11. The van der Waals surface area contributed by atoms with Crippen LogP contribution in [-0.4, -0.2) is 23.5 Å². The summed E-state index contributed by atoms with van der Waals surface area (Å²) in [7, 11) is 0. The van der Waals surface area contributed by atoms with E-state index < -0.39 is 0 Å². The molecule has 1 heteroatoms. The van der Waals surface area contributed by atoms with Gasteiger partial charge in [0.25, 0.3) is 0 Å². The Bertz CT molecular complexity index is 276. The molecule has 0 N–H and O–H groups in total. The Morgan fingerprint density at radius 2 is 1.69 bits per heavy atom. The first kappa shape index (κ1) is 9.94. The van der Waals surface area contributed by atoms with E-state index in [0.29, 0.717) is 0 Å². The van der Waals surface area contributed by atoms with Crippen LogP contribution in [0.3, 0.4) is 0 Å². The lowest BCUT2D eigenvalue weighted by Crippen LogP contribution is -2.68. The maximum absolute atomic E-state index is 2.96. The summed E-state index contributed by atoms with van der Waals surface area (Å²) in [6.45, 7) is 2.86. The number of hydrogen-bond donors (Lipinski definition) is 0. The van der Waals surface area contributed by atoms with Gasteiger partial charge in [-0.25, -0.2) is 0 Å². The summed E-state index contributed by atoms with van der Waals surface area (Å²) in [6, 6.07) is 0. The molecule has 4 aliphatic rings. The van der Waals surface area contributed by atoms with Crippen molar-refractivity contribution < 1.29 is 0 Å². The Morgan fingerprint density at radius 1 is 0.812 bits per heavy atom. The molecule has 16 heavy (non-hydrogen) atoms. The molecule has 0 aromatic carbocycles. The molecule has 2 saturated heterocycles. The highest BCUT2D eigenvalue weighted by Crippen LogP contribution is 2.59. The number of hydrogen-bond acceptors (Lipinski definition) is 1. The Hall–Kier alpha value is -0.0400. The van der Waals surface area contributed by atoms with Gasteiger partial charge in [0, 0.05) is 5.54 Å². The Kier molecular flexibility index (Phi) is 2.16. The van der Waals surface area contributed by atoms with Crippen LogP contribution in [0.2, 0.25) is 0 Å². The number of piperidine rings is 2. The largest absolute Gasteiger partial charge is 0.297 e. The van der Waals surface area contributed by atoms with Gasteiger partial charge in [-0.15, -0.1) is 0 Å². The average Bonchev–Trinajstić information content (AvgIpc) is 2.31. The van der Waals surface area contributed by atoms with E-state index in [-0.39, 0.29) is 0 Å². The smallest absolute Gasteiger partial charge is 0.0268 e. The van der Waals surface area contributed by atoms with Crippen molar-refractivity contribution in [3.05, 3.63) is 0 Å². The SMILES string of the molecule is C1CC2CCC3CCCC24C3CCCN4C1. The van der Waals surface area contributed by atoms with Gasteiger partial charge in [0.1, 0.15) is 0 Å². The van der Waals surface area contributed by atoms with Crippen LogP contribution in [0.4, 0.5) is 0 Å². The van der Waals surface area contributed by atoms with E-state index >= 15 is 0 Å². The molecule has 4 unspecified atom stereocenters. The molecule has 4 fully saturated rings. The van der Waals surface area contributed by atoms with Crippen LogP contribution < -0.4 is 0 Å². The molecule has 0 aromatic rings. The van der Waals surface area contributed by atoms with Gasteiger partial charge in [-0.2, -0.15) is 0 Å². The van der Waals surface area contributed by atoms with Crippen LogP contribution in [0.5, 0.6) is 0 Å². The van der Waals surface area contributed by atoms with Gasteiger partial charge in [-0.05, 0) is 75.8 Å². The topological polar surface area (TPSA) is 3.24 Å². The summed E-state index contributed by atoms with van der Waals surface area (Å²) < 4.78 is 0. The molecule has 2 saturated carbocycles. The molecule has 0 amide bonds. The Morgan fingerprint density at radius 3 is 2.62 bits per heavy atom. The fraction of sp³-hybridized carbons (Fsp3) is 1.00. The van der Waals surface area contributed by atoms with Crippen molar-refractivity contribution in [3.63, 3.8) is 0 Å². The van der Waals surface area contributed by atoms with E-state index in [1.165, 1.54) is 32.4 Å². The molecule has 4 rings (SSSR count). The summed E-state index contributed by atoms with van der Waals surface area (Å²) in [4.78, 5) is 2.96. The zero-order valence-electron chi connectivity index (χ0n) is 10.5. The zero-order valence-corrected chi connectivity index (χ0v) is 10.5. The minimum Gasteiger partial charge on any atom is -0.297 e. The molecule has 0 aromatic heterocycles. The van der Waals surface area contributed by atoms with Crippen molar-refractivity contribution in [1.82, 2.24) is 4.90 Å². The van der Waals surface area contributed by atoms with Gasteiger partial charge in [-0.1, -0.05) is 12.8 Å². The van der Waals surface area contributed by atoms with Crippen LogP contribution in [-0.2, 0) is 0 Å². The molecule has 2 bridgehead atoms. The molecule has 90 valence electrons. The minimum atomic E-state index is 0.720. The van der Waals surface area contributed by atoms with Gasteiger partial charge in [0.15, 0.2) is 0 Å². The highest BCUT2D eigenvalue weighted by Gasteiger charge is 2.57. The quantitative estimate of drug-likeness (QED) is 0.603. The predicted molar refractivity (Wildman–Crippen MR) is 66.3 cm³/mol. The molecule has 0 radical (unpaired) electrons. The zero-order chi connectivity index (χ0) is 10.6. The van der Waals surface area contributed by atoms with E-state index in [1.807, 2.05) is 0 Å². The van der Waals surface area contributed by atoms with Gasteiger partial charge in [-0.3, -0.25) is 4.90 Å². The molecule has 2 aliphatic carbocycles. The standard InChI is InChI=1S/C15H25N/c1-4-12-7-8-13-5-2-10-16-11-3-6-14(12)15(13,16)9-1/h12-14H,1-11H2. The third-order valence-corrected chi connectivity index (χ3v) is 6.47. The lowest BCUT2D eigenvalue weighted by Gasteiger charge is -2.65. The summed E-state index contributed by atoms with van der Waals surface area (Å²) in [5.74, 6) is 3.31. The second-order valence-electron chi connectivity index (χ2n) is 6.80. The van der Waals surface area contributed by atoms with Crippen LogP contribution in [0, 0.1) is 17.8 Å². The maximum Gasteiger partial charge on any atom is 0.0268 e. The first-order valence-corrected chi connectivity index (χ1v) is 7.66. The van der Waals surface area contributed by atoms with Crippen LogP contribution in [0.1, 0.15) is 57.8 Å². The first-order valence-electron chi connectivity index (χ1n) is 7.66. The predicted octanol–water partition coefficient (Wildman–Crippen LogP) is 3.44. The van der Waals surface area contributed by atoms with Crippen molar-refractivity contribution in [2.45, 2.75) is 63.3 Å². The fourth-order valence-electron chi connectivity index (χ4n) is 6.05. The van der Waals surface area contributed by atoms with E-state index in [0.717, 1.165) is 23.3 Å². The Labute approximate surface area is 99.6 Å². The van der Waals surface area contributed by atoms with E-state index in [9.17, 15) is 0 Å². The molecular formula is C15H25N. The van der Waals surface area contributed by atoms with Gasteiger partial charge in [0.05, 0.1) is 0 Å². The van der Waals surface area contributed by atoms with Gasteiger partial charge >= 0.3 is 0 Å². The van der Waals surface area contributed by atoms with E-state index in [2.05, 4.69) is 4.90 Å². The summed E-state index contributed by atoms with van der Waals surface area (Å²) >= 11 is 0. The molecule has 1 spiro atoms. The second-order valence-corrected chi connectivity index (χ2v) is 6.80. The fourth-order valence-corrected chi connectivity index (χ4v) is 6.05. The highest BCUT2D eigenvalue weighted by molar-refractivity contribution is 5.11. The summed E-state index contributed by atoms with van der Waals surface area (Å²) in [5, 5.41) is 0. The van der Waals surface area contributed by atoms with E-state index in [4.69, 9.17) is 0 Å². The Balaban J connectivity index is 1.77. The van der Waals surface area contributed by atoms with Crippen molar-refractivity contribution in [2.24, 2.45) is 17.8 Å². The third-order valence-electron chi connectivity index (χ3n) is 6.47. The highest BCUT2D eigenvalue weighted by atomic mass is 15.2. The lowest BCUT2D eigenvalue weighted by atomic mass is 9.51. The van der Waals surface area contributed by atoms with Crippen LogP contribution in [0.25, 0.3) is 0 Å². The summed E-state index contributed by atoms with van der Waals surface area (Å²) in [5.41, 5.74) is 0.720. The second kappa shape index (κ2) is 3.48. The van der Waals surface area contributed by atoms with Crippen molar-refractivity contribution in [3.8, 4) is 0 Å². The van der Waals surface area contributed by atoms with E-state index in [1.54, 1.807) is 38.5 Å². The first-order chi connectivity index (χ1) is 7.91. The molecule has 2 heterocycles. The summed E-state index contributed by atoms with van der Waals surface area (Å²) in [6.07, 6.45) is 13.9. The lowest BCUT2D eigenvalue weighted by molar-refractivity contribution is -0.146. The molecule has 1 nitrogen and oxygen atoms in total. The monoisotopic (exact) mass is 219 g/mol. The van der Waals surface area contributed by atoms with Crippen molar-refractivity contribution in [1.29, 1.82) is 0 Å². The molecular weight excluding hydrogens is 194 g/mol. The van der Waals surface area contributed by atoms with Gasteiger partial charge in [0.2, 0.25) is 0 Å². The van der Waals surface area contributed by atoms with Crippen molar-refractivity contribution in [2.75, 3.05) is 13.1 Å². The minimum absolute atomic E-state index is 0.720. The normalized spacial score (nSPS) is 52.1. The number of nitrogens with zero attached hydrogens (tertiary/aromatic N) is 1. The molecule has 4 atom stereocenters.